The van der Waals surface area contributed by atoms with Crippen LogP contribution in [0, 0.1) is 0 Å². The second-order valence-corrected chi connectivity index (χ2v) is 9.33. The molecular formula is C23H29F5N4O4. The van der Waals surface area contributed by atoms with Gasteiger partial charge in [-0.15, -0.1) is 0 Å². The molecule has 36 heavy (non-hydrogen) atoms. The highest BCUT2D eigenvalue weighted by molar-refractivity contribution is 5.96. The zero-order valence-corrected chi connectivity index (χ0v) is 20.0. The molecule has 0 aromatic rings. The van der Waals surface area contributed by atoms with E-state index in [0.29, 0.717) is 18.9 Å². The van der Waals surface area contributed by atoms with Crippen LogP contribution in [0.4, 0.5) is 22.0 Å². The molecule has 0 bridgehead atoms. The highest BCUT2D eigenvalue weighted by atomic mass is 19.4. The summed E-state index contributed by atoms with van der Waals surface area (Å²) in [6.07, 6.45) is -3.40. The van der Waals surface area contributed by atoms with Gasteiger partial charge in [-0.1, -0.05) is 6.58 Å². The third-order valence-electron chi connectivity index (χ3n) is 6.06. The van der Waals surface area contributed by atoms with E-state index < -0.39 is 60.3 Å². The van der Waals surface area contributed by atoms with Crippen LogP contribution in [0.2, 0.25) is 0 Å². The van der Waals surface area contributed by atoms with Gasteiger partial charge in [0.15, 0.2) is 5.60 Å². The van der Waals surface area contributed by atoms with Gasteiger partial charge in [-0.3, -0.25) is 19.4 Å². The van der Waals surface area contributed by atoms with Crippen LogP contribution in [0.5, 0.6) is 0 Å². The van der Waals surface area contributed by atoms with Gasteiger partial charge in [0.1, 0.15) is 11.3 Å². The van der Waals surface area contributed by atoms with E-state index in [1.54, 1.807) is 0 Å². The van der Waals surface area contributed by atoms with Crippen LogP contribution in [0.1, 0.15) is 46.0 Å². The van der Waals surface area contributed by atoms with Crippen LogP contribution in [0.15, 0.2) is 35.8 Å². The molecule has 2 fully saturated rings. The Hall–Kier alpha value is -2.96. The van der Waals surface area contributed by atoms with Gasteiger partial charge in [-0.2, -0.15) is 22.0 Å². The number of hydrogen-bond acceptors (Lipinski definition) is 5. The van der Waals surface area contributed by atoms with Gasteiger partial charge in [0.25, 0.3) is 17.7 Å². The fourth-order valence-electron chi connectivity index (χ4n) is 3.74. The van der Waals surface area contributed by atoms with E-state index in [1.807, 2.05) is 5.32 Å². The van der Waals surface area contributed by atoms with E-state index in [1.165, 1.54) is 13.8 Å². The minimum atomic E-state index is -5.09. The number of ether oxygens (including phenoxy) is 1. The summed E-state index contributed by atoms with van der Waals surface area (Å²) >= 11 is 0. The summed E-state index contributed by atoms with van der Waals surface area (Å²) in [6, 6.07) is -0.470. The first kappa shape index (κ1) is 27.6. The molecule has 0 saturated heterocycles. The van der Waals surface area contributed by atoms with E-state index in [4.69, 9.17) is 4.74 Å². The SMILES string of the molecule is C=CC1=C(/C=C(/C(=O)N(NC2CC2)C2CCC2)C(F)(F)F)N(CCNC(=O)C(F)F)C(=O)C(C)(C)O1. The van der Waals surface area contributed by atoms with Crippen LogP contribution < -0.4 is 10.7 Å². The molecule has 2 saturated carbocycles. The number of rotatable bonds is 10. The first-order valence-corrected chi connectivity index (χ1v) is 11.6. The normalized spacial score (nSPS) is 20.7. The van der Waals surface area contributed by atoms with Gasteiger partial charge >= 0.3 is 12.6 Å². The summed E-state index contributed by atoms with van der Waals surface area (Å²) in [5, 5.41) is 2.94. The zero-order valence-electron chi connectivity index (χ0n) is 20.0. The molecular weight excluding hydrogens is 491 g/mol. The molecule has 0 spiro atoms. The third-order valence-corrected chi connectivity index (χ3v) is 6.06. The maximum Gasteiger partial charge on any atom is 0.421 e. The smallest absolute Gasteiger partial charge is 0.421 e. The van der Waals surface area contributed by atoms with Crippen LogP contribution in [0.3, 0.4) is 0 Å². The maximum absolute atomic E-state index is 14.2. The summed E-state index contributed by atoms with van der Waals surface area (Å²) in [5.74, 6) is -3.88. The number of carbonyl (C=O) groups is 3. The zero-order chi connectivity index (χ0) is 26.8. The lowest BCUT2D eigenvalue weighted by molar-refractivity contribution is -0.152. The van der Waals surface area contributed by atoms with Crippen molar-refractivity contribution in [2.45, 2.75) is 76.2 Å². The monoisotopic (exact) mass is 520 g/mol. The average Bonchev–Trinajstić information content (AvgIpc) is 3.56. The predicted octanol–water partition coefficient (Wildman–Crippen LogP) is 2.94. The molecule has 2 N–H and O–H groups in total. The topological polar surface area (TPSA) is 91.0 Å². The predicted molar refractivity (Wildman–Crippen MR) is 118 cm³/mol. The molecule has 0 unspecified atom stereocenters. The van der Waals surface area contributed by atoms with Gasteiger partial charge in [0.05, 0.1) is 5.70 Å². The van der Waals surface area contributed by atoms with E-state index in [-0.39, 0.29) is 17.8 Å². The molecule has 3 rings (SSSR count). The number of halogens is 5. The van der Waals surface area contributed by atoms with Crippen LogP contribution in [0.25, 0.3) is 0 Å². The molecule has 13 heteroatoms. The van der Waals surface area contributed by atoms with Crippen molar-refractivity contribution >= 4 is 17.7 Å². The molecule has 0 aromatic carbocycles. The Labute approximate surface area is 205 Å². The summed E-state index contributed by atoms with van der Waals surface area (Å²) in [6.45, 7) is 5.36. The lowest BCUT2D eigenvalue weighted by atomic mass is 9.92. The van der Waals surface area contributed by atoms with Crippen molar-refractivity contribution in [1.29, 1.82) is 0 Å². The highest BCUT2D eigenvalue weighted by Crippen LogP contribution is 2.36. The molecule has 0 radical (unpaired) electrons. The molecule has 1 heterocycles. The summed E-state index contributed by atoms with van der Waals surface area (Å²) in [5.41, 5.74) is -0.600. The fourth-order valence-corrected chi connectivity index (χ4v) is 3.74. The molecule has 0 atom stereocenters. The molecule has 0 aromatic heterocycles. The Morgan fingerprint density at radius 2 is 1.89 bits per heavy atom. The fraction of sp³-hybridized carbons (Fsp3) is 0.609. The molecule has 2 aliphatic carbocycles. The average molecular weight is 520 g/mol. The maximum atomic E-state index is 14.2. The van der Waals surface area contributed by atoms with Gasteiger partial charge in [0.2, 0.25) is 0 Å². The largest absolute Gasteiger partial charge is 0.476 e. The van der Waals surface area contributed by atoms with E-state index in [9.17, 15) is 36.3 Å². The number of nitrogens with one attached hydrogen (secondary N) is 2. The van der Waals surface area contributed by atoms with Crippen molar-refractivity contribution in [3.05, 3.63) is 35.8 Å². The van der Waals surface area contributed by atoms with E-state index >= 15 is 0 Å². The lowest BCUT2D eigenvalue weighted by Gasteiger charge is -2.40. The Morgan fingerprint density at radius 3 is 2.36 bits per heavy atom. The van der Waals surface area contributed by atoms with Crippen LogP contribution in [-0.2, 0) is 19.1 Å². The standard InChI is InChI=1S/C23H29F5N4O4/c1-4-17-16(31(21(35)22(2,3)36-17)11-10-29-19(33)18(24)25)12-15(23(26,27)28)20(34)32(14-6-5-7-14)30-13-8-9-13/h4,12-14,18,30H,1,5-11H2,2-3H3,(H,29,33)/b15-12-. The molecule has 3 amide bonds. The molecule has 200 valence electrons. The number of carbonyl (C=O) groups excluding carboxylic acids is 3. The Morgan fingerprint density at radius 1 is 1.25 bits per heavy atom. The van der Waals surface area contributed by atoms with Gasteiger partial charge < -0.3 is 15.0 Å². The summed E-state index contributed by atoms with van der Waals surface area (Å²) in [4.78, 5) is 38.3. The lowest BCUT2D eigenvalue weighted by Crippen LogP contribution is -2.55. The number of hydrogen-bond donors (Lipinski definition) is 2. The third kappa shape index (κ3) is 6.23. The summed E-state index contributed by atoms with van der Waals surface area (Å²) in [7, 11) is 0. The van der Waals surface area contributed by atoms with E-state index in [2.05, 4.69) is 12.0 Å². The van der Waals surface area contributed by atoms with Crippen molar-refractivity contribution < 1.29 is 41.1 Å². The summed E-state index contributed by atoms with van der Waals surface area (Å²) < 4.78 is 73.2. The second kappa shape index (κ2) is 10.6. The Bertz CT molecular complexity index is 968. The van der Waals surface area contributed by atoms with Crippen molar-refractivity contribution in [1.82, 2.24) is 20.7 Å². The number of hydrazine groups is 1. The minimum absolute atomic E-state index is 0.0812. The second-order valence-electron chi connectivity index (χ2n) is 9.33. The first-order valence-electron chi connectivity index (χ1n) is 11.6. The number of amides is 3. The van der Waals surface area contributed by atoms with E-state index in [0.717, 1.165) is 35.2 Å². The van der Waals surface area contributed by atoms with Crippen molar-refractivity contribution in [3.8, 4) is 0 Å². The minimum Gasteiger partial charge on any atom is -0.476 e. The number of alkyl halides is 5. The Kier molecular flexibility index (Phi) is 8.11. The molecule has 3 aliphatic rings. The molecule has 1 aliphatic heterocycles. The van der Waals surface area contributed by atoms with Crippen LogP contribution in [-0.4, -0.2) is 71.0 Å². The van der Waals surface area contributed by atoms with Gasteiger partial charge in [-0.25, -0.2) is 5.43 Å². The van der Waals surface area contributed by atoms with Crippen molar-refractivity contribution in [3.63, 3.8) is 0 Å². The Balaban J connectivity index is 2.00. The highest BCUT2D eigenvalue weighted by Gasteiger charge is 2.47. The number of allylic oxidation sites excluding steroid dienone is 2. The van der Waals surface area contributed by atoms with Crippen molar-refractivity contribution in [2.24, 2.45) is 0 Å². The number of nitrogens with zero attached hydrogens (tertiary/aromatic N) is 2. The van der Waals surface area contributed by atoms with Crippen LogP contribution >= 0.6 is 0 Å². The first-order chi connectivity index (χ1) is 16.8. The quantitative estimate of drug-likeness (QED) is 0.263. The van der Waals surface area contributed by atoms with Gasteiger partial charge in [0, 0.05) is 25.2 Å². The van der Waals surface area contributed by atoms with Crippen molar-refractivity contribution in [2.75, 3.05) is 13.1 Å². The molecule has 8 nitrogen and oxygen atoms in total. The van der Waals surface area contributed by atoms with Gasteiger partial charge in [-0.05, 0) is 58.1 Å².